The number of thiophene rings is 1. The Bertz CT molecular complexity index is 586. The van der Waals surface area contributed by atoms with Gasteiger partial charge < -0.3 is 0 Å². The molecule has 0 saturated heterocycles. The standard InChI is InChI=1S/C13H15BrN2OS/c1-4-9-12(14)10(16(3)15-9)7-11(17)13-8(2)5-6-18-13/h5-6H,4,7H2,1-3H3. The molecule has 0 aliphatic rings. The summed E-state index contributed by atoms with van der Waals surface area (Å²) in [5.74, 6) is 0.161. The zero-order valence-corrected chi connectivity index (χ0v) is 13.1. The Morgan fingerprint density at radius 1 is 1.56 bits per heavy atom. The summed E-state index contributed by atoms with van der Waals surface area (Å²) in [7, 11) is 1.88. The van der Waals surface area contributed by atoms with Crippen molar-refractivity contribution in [1.29, 1.82) is 0 Å². The first-order valence-electron chi connectivity index (χ1n) is 5.82. The van der Waals surface area contributed by atoms with Gasteiger partial charge in [0.2, 0.25) is 0 Å². The van der Waals surface area contributed by atoms with E-state index in [2.05, 4.69) is 28.0 Å². The van der Waals surface area contributed by atoms with Gasteiger partial charge in [-0.05, 0) is 46.3 Å². The third-order valence-electron chi connectivity index (χ3n) is 2.95. The fourth-order valence-electron chi connectivity index (χ4n) is 1.90. The van der Waals surface area contributed by atoms with Crippen molar-refractivity contribution in [3.8, 4) is 0 Å². The molecule has 2 heterocycles. The maximum Gasteiger partial charge on any atom is 0.179 e. The maximum atomic E-state index is 12.2. The summed E-state index contributed by atoms with van der Waals surface area (Å²) >= 11 is 5.05. The summed E-state index contributed by atoms with van der Waals surface area (Å²) in [5.41, 5.74) is 3.01. The van der Waals surface area contributed by atoms with Gasteiger partial charge in [-0.15, -0.1) is 11.3 Å². The Balaban J connectivity index is 2.27. The number of carbonyl (C=O) groups is 1. The highest BCUT2D eigenvalue weighted by Gasteiger charge is 2.18. The summed E-state index contributed by atoms with van der Waals surface area (Å²) in [4.78, 5) is 13.1. The van der Waals surface area contributed by atoms with Crippen LogP contribution >= 0.6 is 27.3 Å². The molecule has 0 saturated carbocycles. The number of halogens is 1. The molecule has 0 radical (unpaired) electrons. The van der Waals surface area contributed by atoms with Gasteiger partial charge in [-0.2, -0.15) is 5.10 Å². The number of Topliss-reactive ketones (excluding diaryl/α,β-unsaturated/α-hetero) is 1. The van der Waals surface area contributed by atoms with Crippen molar-refractivity contribution in [3.05, 3.63) is 37.7 Å². The van der Waals surface area contributed by atoms with Crippen LogP contribution < -0.4 is 0 Å². The van der Waals surface area contributed by atoms with E-state index in [1.54, 1.807) is 4.68 Å². The molecule has 0 aliphatic carbocycles. The van der Waals surface area contributed by atoms with Crippen molar-refractivity contribution >= 4 is 33.0 Å². The SMILES string of the molecule is CCc1nn(C)c(CC(=O)c2sccc2C)c1Br. The van der Waals surface area contributed by atoms with E-state index >= 15 is 0 Å². The Kier molecular flexibility index (Phi) is 4.02. The molecule has 0 unspecified atom stereocenters. The minimum atomic E-state index is 0.161. The molecule has 0 fully saturated rings. The highest BCUT2D eigenvalue weighted by Crippen LogP contribution is 2.24. The first-order chi connectivity index (χ1) is 8.54. The topological polar surface area (TPSA) is 34.9 Å². The lowest BCUT2D eigenvalue weighted by Crippen LogP contribution is -2.08. The smallest absolute Gasteiger partial charge is 0.179 e. The second-order valence-electron chi connectivity index (χ2n) is 4.22. The molecule has 0 spiro atoms. The molecule has 0 atom stereocenters. The first kappa shape index (κ1) is 13.5. The number of hydrogen-bond acceptors (Lipinski definition) is 3. The minimum Gasteiger partial charge on any atom is -0.293 e. The van der Waals surface area contributed by atoms with Crippen LogP contribution in [0.15, 0.2) is 15.9 Å². The number of ketones is 1. The predicted molar refractivity (Wildman–Crippen MR) is 77.4 cm³/mol. The number of carbonyl (C=O) groups excluding carboxylic acids is 1. The predicted octanol–water partition coefficient (Wildman–Crippen LogP) is 3.54. The van der Waals surface area contributed by atoms with E-state index in [0.29, 0.717) is 6.42 Å². The van der Waals surface area contributed by atoms with Gasteiger partial charge in [0.25, 0.3) is 0 Å². The third kappa shape index (κ3) is 2.42. The van der Waals surface area contributed by atoms with Crippen molar-refractivity contribution in [2.45, 2.75) is 26.7 Å². The Labute approximate surface area is 119 Å². The lowest BCUT2D eigenvalue weighted by atomic mass is 10.1. The molecule has 2 rings (SSSR count). The summed E-state index contributed by atoms with van der Waals surface area (Å²) in [6, 6.07) is 1.98. The zero-order valence-electron chi connectivity index (χ0n) is 10.7. The summed E-state index contributed by atoms with van der Waals surface area (Å²) in [6.07, 6.45) is 1.26. The van der Waals surface area contributed by atoms with Gasteiger partial charge in [-0.3, -0.25) is 9.48 Å². The largest absolute Gasteiger partial charge is 0.293 e. The fraction of sp³-hybridized carbons (Fsp3) is 0.385. The zero-order chi connectivity index (χ0) is 13.3. The van der Waals surface area contributed by atoms with Crippen LogP contribution in [0.1, 0.15) is 33.5 Å². The van der Waals surface area contributed by atoms with E-state index in [-0.39, 0.29) is 5.78 Å². The number of nitrogens with zero attached hydrogens (tertiary/aromatic N) is 2. The number of hydrogen-bond donors (Lipinski definition) is 0. The molecule has 0 bridgehead atoms. The molecule has 3 nitrogen and oxygen atoms in total. The van der Waals surface area contributed by atoms with Gasteiger partial charge in [-0.25, -0.2) is 0 Å². The van der Waals surface area contributed by atoms with E-state index in [0.717, 1.165) is 32.7 Å². The summed E-state index contributed by atoms with van der Waals surface area (Å²) < 4.78 is 2.76. The Morgan fingerprint density at radius 2 is 2.28 bits per heavy atom. The summed E-state index contributed by atoms with van der Waals surface area (Å²) in [6.45, 7) is 4.03. The number of rotatable bonds is 4. The van der Waals surface area contributed by atoms with E-state index in [4.69, 9.17) is 0 Å². The Hall–Kier alpha value is -0.940. The van der Waals surface area contributed by atoms with Crippen LogP contribution in [0.25, 0.3) is 0 Å². The van der Waals surface area contributed by atoms with Crippen LogP contribution in [0, 0.1) is 6.92 Å². The van der Waals surface area contributed by atoms with Gasteiger partial charge in [0.1, 0.15) is 0 Å². The van der Waals surface area contributed by atoms with Crippen LogP contribution in [0.4, 0.5) is 0 Å². The molecule has 96 valence electrons. The average molecular weight is 327 g/mol. The third-order valence-corrected chi connectivity index (χ3v) is 4.92. The van der Waals surface area contributed by atoms with Crippen molar-refractivity contribution in [2.24, 2.45) is 7.05 Å². The monoisotopic (exact) mass is 326 g/mol. The number of aryl methyl sites for hydroxylation is 3. The van der Waals surface area contributed by atoms with Gasteiger partial charge in [-0.1, -0.05) is 6.92 Å². The molecule has 18 heavy (non-hydrogen) atoms. The highest BCUT2D eigenvalue weighted by molar-refractivity contribution is 9.10. The fourth-order valence-corrected chi connectivity index (χ4v) is 3.52. The summed E-state index contributed by atoms with van der Waals surface area (Å²) in [5, 5.41) is 6.36. The van der Waals surface area contributed by atoms with Crippen molar-refractivity contribution in [1.82, 2.24) is 9.78 Å². The molecule has 2 aromatic heterocycles. The van der Waals surface area contributed by atoms with Crippen molar-refractivity contribution in [3.63, 3.8) is 0 Å². The molecule has 0 N–H and O–H groups in total. The quantitative estimate of drug-likeness (QED) is 0.805. The van der Waals surface area contributed by atoms with Gasteiger partial charge >= 0.3 is 0 Å². The van der Waals surface area contributed by atoms with Gasteiger partial charge in [0.15, 0.2) is 5.78 Å². The molecule has 5 heteroatoms. The molecular weight excluding hydrogens is 312 g/mol. The van der Waals surface area contributed by atoms with Crippen LogP contribution in [0.5, 0.6) is 0 Å². The molecular formula is C13H15BrN2OS. The average Bonchev–Trinajstić information content (AvgIpc) is 2.87. The normalized spacial score (nSPS) is 10.9. The molecule has 0 amide bonds. The van der Waals surface area contributed by atoms with E-state index in [1.165, 1.54) is 11.3 Å². The van der Waals surface area contributed by atoms with E-state index in [9.17, 15) is 4.79 Å². The lowest BCUT2D eigenvalue weighted by molar-refractivity contribution is 0.0994. The highest BCUT2D eigenvalue weighted by atomic mass is 79.9. The molecule has 0 aromatic carbocycles. The van der Waals surface area contributed by atoms with E-state index < -0.39 is 0 Å². The first-order valence-corrected chi connectivity index (χ1v) is 7.49. The second-order valence-corrected chi connectivity index (χ2v) is 5.93. The molecule has 0 aliphatic heterocycles. The second kappa shape index (κ2) is 5.36. The molecule has 2 aromatic rings. The van der Waals surface area contributed by atoms with Crippen LogP contribution in [0.2, 0.25) is 0 Å². The van der Waals surface area contributed by atoms with Crippen molar-refractivity contribution < 1.29 is 4.79 Å². The van der Waals surface area contributed by atoms with E-state index in [1.807, 2.05) is 25.4 Å². The van der Waals surface area contributed by atoms with Crippen LogP contribution in [-0.2, 0) is 19.9 Å². The van der Waals surface area contributed by atoms with Crippen LogP contribution in [-0.4, -0.2) is 15.6 Å². The van der Waals surface area contributed by atoms with Gasteiger partial charge in [0, 0.05) is 7.05 Å². The van der Waals surface area contributed by atoms with Crippen molar-refractivity contribution in [2.75, 3.05) is 0 Å². The minimum absolute atomic E-state index is 0.161. The lowest BCUT2D eigenvalue weighted by Gasteiger charge is -2.02. The van der Waals surface area contributed by atoms with Crippen LogP contribution in [0.3, 0.4) is 0 Å². The maximum absolute atomic E-state index is 12.2. The number of aromatic nitrogens is 2. The van der Waals surface area contributed by atoms with Gasteiger partial charge in [0.05, 0.1) is 27.2 Å². The Morgan fingerprint density at radius 3 is 2.78 bits per heavy atom.